The maximum atomic E-state index is 11.0. The standard InChI is InChI=1S/C17H16BrNO2/c18-14-6-4-12-9-16(7-5-11(12)8-14)19-15-3-1-2-13(10-15)17(20)21/h1-4,6,8,10,16,19H,5,7,9H2,(H,20,21). The number of fused-ring (bicyclic) bond motifs is 1. The molecule has 4 heteroatoms. The number of hydrogen-bond acceptors (Lipinski definition) is 2. The van der Waals surface area contributed by atoms with Crippen molar-refractivity contribution in [2.45, 2.75) is 25.3 Å². The summed E-state index contributed by atoms with van der Waals surface area (Å²) in [6.07, 6.45) is 3.08. The Morgan fingerprint density at radius 1 is 1.19 bits per heavy atom. The fourth-order valence-corrected chi connectivity index (χ4v) is 3.23. The Morgan fingerprint density at radius 2 is 2.05 bits per heavy atom. The minimum Gasteiger partial charge on any atom is -0.478 e. The van der Waals surface area contributed by atoms with Crippen molar-refractivity contribution in [1.82, 2.24) is 0 Å². The first-order valence-corrected chi connectivity index (χ1v) is 7.78. The summed E-state index contributed by atoms with van der Waals surface area (Å²) < 4.78 is 1.13. The van der Waals surface area contributed by atoms with E-state index in [9.17, 15) is 4.79 Å². The molecule has 0 aromatic heterocycles. The van der Waals surface area contributed by atoms with Crippen LogP contribution in [0.1, 0.15) is 27.9 Å². The van der Waals surface area contributed by atoms with Gasteiger partial charge in [0.05, 0.1) is 5.56 Å². The lowest BCUT2D eigenvalue weighted by Crippen LogP contribution is -2.27. The van der Waals surface area contributed by atoms with Gasteiger partial charge in [-0.25, -0.2) is 4.79 Å². The van der Waals surface area contributed by atoms with Gasteiger partial charge >= 0.3 is 5.97 Å². The maximum absolute atomic E-state index is 11.0. The quantitative estimate of drug-likeness (QED) is 0.879. The SMILES string of the molecule is O=C(O)c1cccc(NC2CCc3cc(Br)ccc3C2)c1. The Morgan fingerprint density at radius 3 is 2.86 bits per heavy atom. The predicted octanol–water partition coefficient (Wildman–Crippen LogP) is 4.12. The lowest BCUT2D eigenvalue weighted by molar-refractivity contribution is 0.0697. The highest BCUT2D eigenvalue weighted by Gasteiger charge is 2.18. The van der Waals surface area contributed by atoms with Crippen LogP contribution in [0.2, 0.25) is 0 Å². The summed E-state index contributed by atoms with van der Waals surface area (Å²) in [4.78, 5) is 11.0. The Bertz CT molecular complexity index is 684. The molecule has 3 rings (SSSR count). The largest absolute Gasteiger partial charge is 0.478 e. The zero-order valence-electron chi connectivity index (χ0n) is 11.5. The number of carboxylic acid groups (broad SMARTS) is 1. The van der Waals surface area contributed by atoms with Gasteiger partial charge in [-0.2, -0.15) is 0 Å². The second kappa shape index (κ2) is 5.90. The Kier molecular flexibility index (Phi) is 3.97. The molecule has 1 atom stereocenters. The molecule has 0 heterocycles. The molecule has 0 saturated heterocycles. The molecule has 108 valence electrons. The molecule has 0 radical (unpaired) electrons. The van der Waals surface area contributed by atoms with Gasteiger partial charge in [0.1, 0.15) is 0 Å². The van der Waals surface area contributed by atoms with Gasteiger partial charge in [0, 0.05) is 16.2 Å². The number of aryl methyl sites for hydroxylation is 1. The van der Waals surface area contributed by atoms with Gasteiger partial charge in [0.25, 0.3) is 0 Å². The number of anilines is 1. The van der Waals surface area contributed by atoms with E-state index in [-0.39, 0.29) is 0 Å². The minimum absolute atomic E-state index is 0.320. The van der Waals surface area contributed by atoms with E-state index in [2.05, 4.69) is 39.4 Å². The summed E-state index contributed by atoms with van der Waals surface area (Å²) in [7, 11) is 0. The first-order chi connectivity index (χ1) is 10.1. The van der Waals surface area contributed by atoms with Crippen LogP contribution in [0.15, 0.2) is 46.9 Å². The van der Waals surface area contributed by atoms with Crippen molar-refractivity contribution < 1.29 is 9.90 Å². The molecular weight excluding hydrogens is 330 g/mol. The first-order valence-electron chi connectivity index (χ1n) is 6.99. The Hall–Kier alpha value is -1.81. The average molecular weight is 346 g/mol. The molecule has 1 unspecified atom stereocenters. The van der Waals surface area contributed by atoms with Crippen molar-refractivity contribution in [3.05, 3.63) is 63.6 Å². The van der Waals surface area contributed by atoms with E-state index in [1.54, 1.807) is 18.2 Å². The number of benzene rings is 2. The van der Waals surface area contributed by atoms with Crippen molar-refractivity contribution in [2.24, 2.45) is 0 Å². The van der Waals surface area contributed by atoms with Gasteiger partial charge in [-0.1, -0.05) is 28.1 Å². The molecule has 0 aliphatic heterocycles. The molecule has 0 bridgehead atoms. The van der Waals surface area contributed by atoms with Crippen LogP contribution in [0.5, 0.6) is 0 Å². The van der Waals surface area contributed by atoms with Gasteiger partial charge < -0.3 is 10.4 Å². The first kappa shape index (κ1) is 14.1. The lowest BCUT2D eigenvalue weighted by atomic mass is 9.88. The van der Waals surface area contributed by atoms with E-state index in [0.717, 1.165) is 29.4 Å². The second-order valence-electron chi connectivity index (χ2n) is 5.38. The second-order valence-corrected chi connectivity index (χ2v) is 6.30. The highest BCUT2D eigenvalue weighted by molar-refractivity contribution is 9.10. The third-order valence-corrected chi connectivity index (χ3v) is 4.37. The highest BCUT2D eigenvalue weighted by atomic mass is 79.9. The summed E-state index contributed by atoms with van der Waals surface area (Å²) in [5.74, 6) is -0.891. The minimum atomic E-state index is -0.891. The summed E-state index contributed by atoms with van der Waals surface area (Å²) in [5.41, 5.74) is 3.97. The number of aromatic carboxylic acids is 1. The summed E-state index contributed by atoms with van der Waals surface area (Å²) in [6.45, 7) is 0. The number of hydrogen-bond donors (Lipinski definition) is 2. The zero-order chi connectivity index (χ0) is 14.8. The van der Waals surface area contributed by atoms with Crippen LogP contribution in [0.25, 0.3) is 0 Å². The van der Waals surface area contributed by atoms with E-state index in [1.165, 1.54) is 11.1 Å². The molecule has 0 spiro atoms. The van der Waals surface area contributed by atoms with Gasteiger partial charge in [-0.15, -0.1) is 0 Å². The highest BCUT2D eigenvalue weighted by Crippen LogP contribution is 2.26. The molecule has 2 aromatic carbocycles. The smallest absolute Gasteiger partial charge is 0.335 e. The summed E-state index contributed by atoms with van der Waals surface area (Å²) >= 11 is 3.51. The van der Waals surface area contributed by atoms with Gasteiger partial charge in [-0.3, -0.25) is 0 Å². The Labute approximate surface area is 132 Å². The molecular formula is C17H16BrNO2. The zero-order valence-corrected chi connectivity index (χ0v) is 13.1. The fourth-order valence-electron chi connectivity index (χ4n) is 2.82. The molecule has 0 amide bonds. The number of nitrogens with one attached hydrogen (secondary N) is 1. The van der Waals surface area contributed by atoms with Crippen LogP contribution >= 0.6 is 15.9 Å². The van der Waals surface area contributed by atoms with Crippen molar-refractivity contribution in [2.75, 3.05) is 5.32 Å². The third-order valence-electron chi connectivity index (χ3n) is 3.88. The maximum Gasteiger partial charge on any atom is 0.335 e. The number of carbonyl (C=O) groups is 1. The van der Waals surface area contributed by atoms with Crippen LogP contribution in [0, 0.1) is 0 Å². The number of rotatable bonds is 3. The normalized spacial score (nSPS) is 17.1. The summed E-state index contributed by atoms with van der Waals surface area (Å²) in [5, 5.41) is 12.5. The van der Waals surface area contributed by atoms with E-state index < -0.39 is 5.97 Å². The van der Waals surface area contributed by atoms with Crippen LogP contribution in [-0.4, -0.2) is 17.1 Å². The van der Waals surface area contributed by atoms with Gasteiger partial charge in [0.2, 0.25) is 0 Å². The van der Waals surface area contributed by atoms with E-state index >= 15 is 0 Å². The number of halogens is 1. The van der Waals surface area contributed by atoms with Crippen LogP contribution in [-0.2, 0) is 12.8 Å². The Balaban J connectivity index is 1.74. The van der Waals surface area contributed by atoms with E-state index in [0.29, 0.717) is 11.6 Å². The van der Waals surface area contributed by atoms with E-state index in [1.807, 2.05) is 6.07 Å². The van der Waals surface area contributed by atoms with Gasteiger partial charge in [-0.05, 0) is 60.7 Å². The van der Waals surface area contributed by atoms with Crippen molar-refractivity contribution in [1.29, 1.82) is 0 Å². The number of carboxylic acids is 1. The van der Waals surface area contributed by atoms with Crippen LogP contribution in [0.3, 0.4) is 0 Å². The third kappa shape index (κ3) is 3.27. The summed E-state index contributed by atoms with van der Waals surface area (Å²) in [6, 6.07) is 13.8. The molecule has 0 fully saturated rings. The molecule has 1 aliphatic carbocycles. The van der Waals surface area contributed by atoms with Crippen molar-refractivity contribution >= 4 is 27.6 Å². The molecule has 1 aliphatic rings. The van der Waals surface area contributed by atoms with Crippen molar-refractivity contribution in [3.63, 3.8) is 0 Å². The molecule has 3 nitrogen and oxygen atoms in total. The molecule has 2 N–H and O–H groups in total. The molecule has 0 saturated carbocycles. The molecule has 2 aromatic rings. The van der Waals surface area contributed by atoms with Crippen LogP contribution in [0.4, 0.5) is 5.69 Å². The fraction of sp³-hybridized carbons (Fsp3) is 0.235. The monoisotopic (exact) mass is 345 g/mol. The van der Waals surface area contributed by atoms with Crippen LogP contribution < -0.4 is 5.32 Å². The predicted molar refractivity (Wildman–Crippen MR) is 87.0 cm³/mol. The lowest BCUT2D eigenvalue weighted by Gasteiger charge is -2.26. The topological polar surface area (TPSA) is 49.3 Å². The van der Waals surface area contributed by atoms with E-state index in [4.69, 9.17) is 5.11 Å². The average Bonchev–Trinajstić information content (AvgIpc) is 2.48. The molecule has 21 heavy (non-hydrogen) atoms. The van der Waals surface area contributed by atoms with Gasteiger partial charge in [0.15, 0.2) is 0 Å². The van der Waals surface area contributed by atoms with Crippen molar-refractivity contribution in [3.8, 4) is 0 Å².